The zero-order valence-corrected chi connectivity index (χ0v) is 13.5. The van der Waals surface area contributed by atoms with Crippen LogP contribution in [0.15, 0.2) is 22.7 Å². The standard InChI is InChI=1S/C14H16BrFN2S/c1-8-14(19-9(2)18-8)13(17-3)6-10-4-5-11(15)7-12(10)16/h4-5,7,13,17H,6H2,1-3H3. The first-order valence-corrected chi connectivity index (χ1v) is 7.67. The van der Waals surface area contributed by atoms with Crippen LogP contribution in [0.2, 0.25) is 0 Å². The number of hydrogen-bond donors (Lipinski definition) is 1. The molecule has 19 heavy (non-hydrogen) atoms. The topological polar surface area (TPSA) is 24.9 Å². The highest BCUT2D eigenvalue weighted by Crippen LogP contribution is 2.28. The van der Waals surface area contributed by atoms with Gasteiger partial charge in [-0.15, -0.1) is 11.3 Å². The second-order valence-corrected chi connectivity index (χ2v) is 6.61. The van der Waals surface area contributed by atoms with Crippen molar-refractivity contribution in [2.24, 2.45) is 0 Å². The molecule has 5 heteroatoms. The highest BCUT2D eigenvalue weighted by molar-refractivity contribution is 9.10. The van der Waals surface area contributed by atoms with E-state index >= 15 is 0 Å². The van der Waals surface area contributed by atoms with Crippen molar-refractivity contribution < 1.29 is 4.39 Å². The highest BCUT2D eigenvalue weighted by atomic mass is 79.9. The van der Waals surface area contributed by atoms with Gasteiger partial charge in [-0.1, -0.05) is 22.0 Å². The van der Waals surface area contributed by atoms with E-state index in [2.05, 4.69) is 26.2 Å². The Morgan fingerprint density at radius 3 is 2.68 bits per heavy atom. The molecule has 1 aromatic carbocycles. The number of thiazole rings is 1. The summed E-state index contributed by atoms with van der Waals surface area (Å²) in [6.07, 6.45) is 0.623. The second-order valence-electron chi connectivity index (χ2n) is 4.46. The summed E-state index contributed by atoms with van der Waals surface area (Å²) in [6.45, 7) is 4.00. The summed E-state index contributed by atoms with van der Waals surface area (Å²) in [7, 11) is 1.90. The van der Waals surface area contributed by atoms with E-state index in [4.69, 9.17) is 0 Å². The molecule has 1 aromatic heterocycles. The number of rotatable bonds is 4. The van der Waals surface area contributed by atoms with Crippen molar-refractivity contribution in [1.29, 1.82) is 0 Å². The Morgan fingerprint density at radius 1 is 1.42 bits per heavy atom. The van der Waals surface area contributed by atoms with Gasteiger partial charge in [0.2, 0.25) is 0 Å². The van der Waals surface area contributed by atoms with E-state index in [1.54, 1.807) is 11.3 Å². The average molecular weight is 343 g/mol. The van der Waals surface area contributed by atoms with Gasteiger partial charge in [0.25, 0.3) is 0 Å². The predicted molar refractivity (Wildman–Crippen MR) is 81.2 cm³/mol. The van der Waals surface area contributed by atoms with Crippen molar-refractivity contribution in [3.05, 3.63) is 49.6 Å². The maximum absolute atomic E-state index is 13.9. The molecule has 0 amide bonds. The van der Waals surface area contributed by atoms with Crippen LogP contribution in [-0.2, 0) is 6.42 Å². The Kier molecular flexibility index (Phi) is 4.71. The summed E-state index contributed by atoms with van der Waals surface area (Å²) in [5, 5.41) is 4.30. The van der Waals surface area contributed by atoms with E-state index < -0.39 is 0 Å². The highest BCUT2D eigenvalue weighted by Gasteiger charge is 2.18. The van der Waals surface area contributed by atoms with Crippen molar-refractivity contribution in [3.63, 3.8) is 0 Å². The summed E-state index contributed by atoms with van der Waals surface area (Å²) < 4.78 is 14.7. The number of likely N-dealkylation sites (N-methyl/N-ethyl adjacent to an activating group) is 1. The van der Waals surface area contributed by atoms with Crippen molar-refractivity contribution >= 4 is 27.3 Å². The minimum atomic E-state index is -0.173. The van der Waals surface area contributed by atoms with Crippen LogP contribution in [0.25, 0.3) is 0 Å². The third kappa shape index (κ3) is 3.41. The lowest BCUT2D eigenvalue weighted by molar-refractivity contribution is 0.557. The Morgan fingerprint density at radius 2 is 2.16 bits per heavy atom. The number of hydrogen-bond acceptors (Lipinski definition) is 3. The maximum Gasteiger partial charge on any atom is 0.127 e. The molecule has 1 heterocycles. The molecule has 1 atom stereocenters. The molecule has 0 saturated carbocycles. The number of halogens is 2. The monoisotopic (exact) mass is 342 g/mol. The fourth-order valence-electron chi connectivity index (χ4n) is 2.10. The van der Waals surface area contributed by atoms with Crippen molar-refractivity contribution in [1.82, 2.24) is 10.3 Å². The van der Waals surface area contributed by atoms with Gasteiger partial charge in [-0.05, 0) is 45.0 Å². The van der Waals surface area contributed by atoms with Crippen molar-refractivity contribution in [2.45, 2.75) is 26.3 Å². The molecular formula is C14H16BrFN2S. The molecule has 0 bridgehead atoms. The van der Waals surface area contributed by atoms with E-state index in [9.17, 15) is 4.39 Å². The lowest BCUT2D eigenvalue weighted by Crippen LogP contribution is -2.19. The Balaban J connectivity index is 2.26. The van der Waals surface area contributed by atoms with Gasteiger partial charge in [0.05, 0.1) is 10.7 Å². The fraction of sp³-hybridized carbons (Fsp3) is 0.357. The number of nitrogens with zero attached hydrogens (tertiary/aromatic N) is 1. The fourth-order valence-corrected chi connectivity index (χ4v) is 3.47. The molecule has 1 N–H and O–H groups in total. The predicted octanol–water partition coefficient (Wildman–Crippen LogP) is 4.16. The first kappa shape index (κ1) is 14.6. The molecule has 2 rings (SSSR count). The van der Waals surface area contributed by atoms with Crippen LogP contribution in [0.3, 0.4) is 0 Å². The largest absolute Gasteiger partial charge is 0.312 e. The average Bonchev–Trinajstić information content (AvgIpc) is 2.68. The lowest BCUT2D eigenvalue weighted by Gasteiger charge is -2.16. The summed E-state index contributed by atoms with van der Waals surface area (Å²) in [5.74, 6) is -0.173. The molecule has 0 spiro atoms. The van der Waals surface area contributed by atoms with Crippen LogP contribution in [0, 0.1) is 19.7 Å². The minimum Gasteiger partial charge on any atom is -0.312 e. The van der Waals surface area contributed by atoms with Gasteiger partial charge in [-0.3, -0.25) is 0 Å². The van der Waals surface area contributed by atoms with E-state index in [1.807, 2.05) is 33.0 Å². The van der Waals surface area contributed by atoms with E-state index in [-0.39, 0.29) is 11.9 Å². The zero-order chi connectivity index (χ0) is 14.0. The molecule has 102 valence electrons. The molecule has 0 aliphatic carbocycles. The lowest BCUT2D eigenvalue weighted by atomic mass is 10.0. The smallest absolute Gasteiger partial charge is 0.127 e. The summed E-state index contributed by atoms with van der Waals surface area (Å²) in [5.41, 5.74) is 1.74. The quantitative estimate of drug-likeness (QED) is 0.902. The van der Waals surface area contributed by atoms with Crippen molar-refractivity contribution in [2.75, 3.05) is 7.05 Å². The molecule has 0 aliphatic heterocycles. The summed E-state index contributed by atoms with van der Waals surface area (Å²) in [6, 6.07) is 5.30. The van der Waals surface area contributed by atoms with Crippen LogP contribution in [-0.4, -0.2) is 12.0 Å². The van der Waals surface area contributed by atoms with Gasteiger partial charge in [-0.25, -0.2) is 9.37 Å². The molecule has 2 aromatic rings. The molecule has 0 saturated heterocycles. The first-order valence-electron chi connectivity index (χ1n) is 6.06. The first-order chi connectivity index (χ1) is 9.01. The Hall–Kier alpha value is -0.780. The normalized spacial score (nSPS) is 12.7. The van der Waals surface area contributed by atoms with Crippen LogP contribution in [0.5, 0.6) is 0 Å². The summed E-state index contributed by atoms with van der Waals surface area (Å²) in [4.78, 5) is 5.62. The van der Waals surface area contributed by atoms with Crippen LogP contribution < -0.4 is 5.32 Å². The van der Waals surface area contributed by atoms with Gasteiger partial charge < -0.3 is 5.32 Å². The molecular weight excluding hydrogens is 327 g/mol. The van der Waals surface area contributed by atoms with Crippen molar-refractivity contribution in [3.8, 4) is 0 Å². The van der Waals surface area contributed by atoms with Gasteiger partial charge in [-0.2, -0.15) is 0 Å². The molecule has 0 fully saturated rings. The zero-order valence-electron chi connectivity index (χ0n) is 11.1. The van der Waals surface area contributed by atoms with Gasteiger partial charge in [0, 0.05) is 15.4 Å². The van der Waals surface area contributed by atoms with Gasteiger partial charge >= 0.3 is 0 Å². The maximum atomic E-state index is 13.9. The molecule has 2 nitrogen and oxygen atoms in total. The molecule has 0 radical (unpaired) electrons. The SMILES string of the molecule is CNC(Cc1ccc(Br)cc1F)c1sc(C)nc1C. The Labute approximate surface area is 125 Å². The number of nitrogens with one attached hydrogen (secondary N) is 1. The van der Waals surface area contributed by atoms with E-state index in [0.717, 1.165) is 15.2 Å². The number of aryl methyl sites for hydroxylation is 2. The van der Waals surface area contributed by atoms with Gasteiger partial charge in [0.15, 0.2) is 0 Å². The van der Waals surface area contributed by atoms with Crippen LogP contribution >= 0.6 is 27.3 Å². The summed E-state index contributed by atoms with van der Waals surface area (Å²) >= 11 is 4.95. The minimum absolute atomic E-state index is 0.0990. The van der Waals surface area contributed by atoms with E-state index in [1.165, 1.54) is 10.9 Å². The van der Waals surface area contributed by atoms with Crippen LogP contribution in [0.1, 0.15) is 27.2 Å². The van der Waals surface area contributed by atoms with E-state index in [0.29, 0.717) is 12.0 Å². The van der Waals surface area contributed by atoms with Crippen LogP contribution in [0.4, 0.5) is 4.39 Å². The number of aromatic nitrogens is 1. The number of benzene rings is 1. The molecule has 0 aliphatic rings. The third-order valence-electron chi connectivity index (χ3n) is 3.04. The second kappa shape index (κ2) is 6.11. The molecule has 1 unspecified atom stereocenters. The van der Waals surface area contributed by atoms with Gasteiger partial charge in [0.1, 0.15) is 5.82 Å². The Bertz CT molecular complexity index is 583. The third-order valence-corrected chi connectivity index (χ3v) is 4.72.